The van der Waals surface area contributed by atoms with Gasteiger partial charge in [-0.15, -0.1) is 45.3 Å². The molecule has 5 aromatic rings. The summed E-state index contributed by atoms with van der Waals surface area (Å²) in [5.74, 6) is -15.7. The fourth-order valence-electron chi connectivity index (χ4n) is 4.69. The van der Waals surface area contributed by atoms with Crippen molar-refractivity contribution in [2.75, 3.05) is 0 Å². The Morgan fingerprint density at radius 3 is 2.06 bits per heavy atom. The van der Waals surface area contributed by atoms with Crippen LogP contribution < -0.4 is 0 Å². The quantitative estimate of drug-likeness (QED) is 0.189. The largest absolute Gasteiger partial charge is 0.380 e. The second-order valence-corrected chi connectivity index (χ2v) is 13.0. The molecule has 0 N–H and O–H groups in total. The van der Waals surface area contributed by atoms with Crippen LogP contribution in [0.15, 0.2) is 41.8 Å². The predicted octanol–water partition coefficient (Wildman–Crippen LogP) is 10.7. The van der Waals surface area contributed by atoms with Crippen LogP contribution in [0.4, 0.5) is 26.3 Å². The van der Waals surface area contributed by atoms with Gasteiger partial charge in [0.15, 0.2) is 0 Å². The highest BCUT2D eigenvalue weighted by molar-refractivity contribution is 7.38. The minimum absolute atomic E-state index is 0.201. The Kier molecular flexibility index (Phi) is 5.17. The van der Waals surface area contributed by atoms with Gasteiger partial charge in [0, 0.05) is 20.2 Å². The third-order valence-electron chi connectivity index (χ3n) is 6.56. The van der Waals surface area contributed by atoms with Gasteiger partial charge in [0.25, 0.3) is 0 Å². The van der Waals surface area contributed by atoms with E-state index in [1.54, 1.807) is 37.3 Å². The van der Waals surface area contributed by atoms with E-state index in [1.165, 1.54) is 35.7 Å². The molecule has 0 amide bonds. The number of allylic oxidation sites excluding steroid dienone is 2. The molecule has 0 nitrogen and oxygen atoms in total. The van der Waals surface area contributed by atoms with Crippen molar-refractivity contribution in [1.82, 2.24) is 0 Å². The molecule has 4 aromatic heterocycles. The Bertz CT molecular complexity index is 1690. The summed E-state index contributed by atoms with van der Waals surface area (Å²) >= 11 is 4.84. The van der Waals surface area contributed by atoms with Crippen molar-refractivity contribution >= 4 is 75.3 Å². The monoisotopic (exact) mass is 570 g/mol. The molecule has 6 rings (SSSR count). The molecule has 0 unspecified atom stereocenters. The van der Waals surface area contributed by atoms with Crippen molar-refractivity contribution in [3.8, 4) is 10.4 Å². The fraction of sp³-hybridized carbons (Fsp3) is 0.231. The average Bonchev–Trinajstić information content (AvgIpc) is 3.57. The van der Waals surface area contributed by atoms with Gasteiger partial charge in [-0.1, -0.05) is 30.3 Å². The van der Waals surface area contributed by atoms with E-state index in [4.69, 9.17) is 0 Å². The highest BCUT2D eigenvalue weighted by atomic mass is 32.1. The number of aryl methyl sites for hydroxylation is 3. The van der Waals surface area contributed by atoms with Crippen LogP contribution in [0.2, 0.25) is 0 Å². The molecule has 36 heavy (non-hydrogen) atoms. The molecule has 0 atom stereocenters. The van der Waals surface area contributed by atoms with Gasteiger partial charge in [0.2, 0.25) is 0 Å². The maximum absolute atomic E-state index is 15.4. The molecule has 1 aromatic carbocycles. The van der Waals surface area contributed by atoms with Gasteiger partial charge in [-0.2, -0.15) is 26.3 Å². The molecular formula is C26H16F6S4. The van der Waals surface area contributed by atoms with Crippen molar-refractivity contribution in [3.05, 3.63) is 68.2 Å². The highest BCUT2D eigenvalue weighted by Gasteiger charge is 2.80. The van der Waals surface area contributed by atoms with E-state index < -0.39 is 28.9 Å². The average molecular weight is 571 g/mol. The van der Waals surface area contributed by atoms with Crippen molar-refractivity contribution < 1.29 is 26.3 Å². The second kappa shape index (κ2) is 7.69. The van der Waals surface area contributed by atoms with Gasteiger partial charge in [0.05, 0.1) is 24.4 Å². The lowest BCUT2D eigenvalue weighted by molar-refractivity contribution is -0.254. The summed E-state index contributed by atoms with van der Waals surface area (Å²) in [6.07, 6.45) is 0. The first-order valence-corrected chi connectivity index (χ1v) is 14.2. The number of fused-ring (bicyclic) bond motifs is 3. The van der Waals surface area contributed by atoms with Crippen LogP contribution in [0.25, 0.3) is 40.4 Å². The van der Waals surface area contributed by atoms with E-state index in [0.717, 1.165) is 37.6 Å². The van der Waals surface area contributed by atoms with E-state index in [1.807, 2.05) is 12.3 Å². The molecule has 0 saturated carbocycles. The van der Waals surface area contributed by atoms with Gasteiger partial charge in [-0.05, 0) is 54.5 Å². The van der Waals surface area contributed by atoms with Crippen LogP contribution in [-0.2, 0) is 0 Å². The summed E-state index contributed by atoms with van der Waals surface area (Å²) in [5, 5.41) is 1.94. The summed E-state index contributed by atoms with van der Waals surface area (Å²) in [6, 6.07) is 10.2. The van der Waals surface area contributed by atoms with E-state index >= 15 is 17.6 Å². The van der Waals surface area contributed by atoms with Crippen LogP contribution in [0.1, 0.15) is 26.4 Å². The van der Waals surface area contributed by atoms with Gasteiger partial charge in [0.1, 0.15) is 0 Å². The van der Waals surface area contributed by atoms with Gasteiger partial charge < -0.3 is 0 Å². The maximum atomic E-state index is 15.4. The lowest BCUT2D eigenvalue weighted by Crippen LogP contribution is -2.48. The first-order chi connectivity index (χ1) is 16.9. The van der Waals surface area contributed by atoms with E-state index in [-0.39, 0.29) is 15.3 Å². The summed E-state index contributed by atoms with van der Waals surface area (Å²) in [7, 11) is 0. The Hall–Kier alpha value is -2.14. The number of benzene rings is 1. The molecule has 4 heterocycles. The van der Waals surface area contributed by atoms with Crippen molar-refractivity contribution in [2.24, 2.45) is 0 Å². The van der Waals surface area contributed by atoms with Crippen LogP contribution >= 0.6 is 45.3 Å². The van der Waals surface area contributed by atoms with Crippen LogP contribution in [-0.4, -0.2) is 17.8 Å². The number of alkyl halides is 6. The molecule has 0 radical (unpaired) electrons. The Morgan fingerprint density at radius 1 is 0.694 bits per heavy atom. The maximum Gasteiger partial charge on any atom is 0.380 e. The van der Waals surface area contributed by atoms with E-state index in [2.05, 4.69) is 0 Å². The number of halogens is 6. The zero-order chi connectivity index (χ0) is 25.8. The molecule has 0 saturated heterocycles. The van der Waals surface area contributed by atoms with Crippen molar-refractivity contribution in [1.29, 1.82) is 0 Å². The molecule has 1 aliphatic carbocycles. The zero-order valence-corrected chi connectivity index (χ0v) is 22.2. The smallest absolute Gasteiger partial charge is 0.194 e. The Labute approximate surface area is 218 Å². The van der Waals surface area contributed by atoms with Gasteiger partial charge in [-0.25, -0.2) is 0 Å². The number of hydrogen-bond donors (Lipinski definition) is 0. The molecule has 0 spiro atoms. The first-order valence-electron chi connectivity index (χ1n) is 10.8. The second-order valence-electron chi connectivity index (χ2n) is 8.81. The summed E-state index contributed by atoms with van der Waals surface area (Å²) in [6.45, 7) is 4.99. The summed E-state index contributed by atoms with van der Waals surface area (Å²) < 4.78 is 94.6. The molecular weight excluding hydrogens is 555 g/mol. The number of thiophene rings is 4. The first kappa shape index (κ1) is 24.2. The number of rotatable bonds is 3. The molecule has 10 heteroatoms. The van der Waals surface area contributed by atoms with Crippen LogP contribution in [0.5, 0.6) is 0 Å². The van der Waals surface area contributed by atoms with Gasteiger partial charge in [-0.3, -0.25) is 0 Å². The Balaban J connectivity index is 1.67. The topological polar surface area (TPSA) is 0 Å². The minimum Gasteiger partial charge on any atom is -0.194 e. The predicted molar refractivity (Wildman–Crippen MR) is 141 cm³/mol. The number of hydrogen-bond acceptors (Lipinski definition) is 4. The lowest BCUT2D eigenvalue weighted by Gasteiger charge is -2.25. The van der Waals surface area contributed by atoms with Gasteiger partial charge >= 0.3 is 17.8 Å². The molecule has 0 bridgehead atoms. The van der Waals surface area contributed by atoms with E-state index in [0.29, 0.717) is 25.4 Å². The molecule has 0 aliphatic heterocycles. The molecule has 1 aliphatic rings. The Morgan fingerprint density at radius 2 is 1.36 bits per heavy atom. The van der Waals surface area contributed by atoms with E-state index in [9.17, 15) is 8.78 Å². The van der Waals surface area contributed by atoms with Crippen LogP contribution in [0, 0.1) is 20.8 Å². The molecule has 0 fully saturated rings. The highest BCUT2D eigenvalue weighted by Crippen LogP contribution is 2.67. The zero-order valence-electron chi connectivity index (χ0n) is 18.9. The lowest BCUT2D eigenvalue weighted by atomic mass is 9.97. The SMILES string of the molecule is Cc1sc(-c2ccccc2)cc1C1=C(c2sc3c(sc4c(C)csc43)c2C)C(F)(F)C(F)(F)C1(F)F. The summed E-state index contributed by atoms with van der Waals surface area (Å²) in [4.78, 5) is 0.624. The third kappa shape index (κ3) is 2.98. The van der Waals surface area contributed by atoms with Crippen molar-refractivity contribution in [2.45, 2.75) is 38.5 Å². The van der Waals surface area contributed by atoms with Crippen molar-refractivity contribution in [3.63, 3.8) is 0 Å². The standard InChI is InChI=1S/C26H16F6S4/c1-11-10-33-22-19(11)35-21-12(2)20(36-23(21)22)18-17(24(27,28)26(31,32)25(18,29)30)15-9-16(34-13(15)3)14-7-5-4-6-8-14/h4-10H,1-3H3. The third-order valence-corrected chi connectivity index (χ3v) is 11.9. The summed E-state index contributed by atoms with van der Waals surface area (Å²) in [5.41, 5.74) is -0.726. The fourth-order valence-corrected chi connectivity index (χ4v) is 9.97. The minimum atomic E-state index is -5.56. The van der Waals surface area contributed by atoms with Crippen LogP contribution in [0.3, 0.4) is 0 Å². The molecule has 186 valence electrons. The normalized spacial score (nSPS) is 18.7.